The molecular formula is C15H21BrFNO. The lowest BCUT2D eigenvalue weighted by Gasteiger charge is -2.24. The Morgan fingerprint density at radius 2 is 2.37 bits per heavy atom. The van der Waals surface area contributed by atoms with E-state index in [0.717, 1.165) is 44.6 Å². The Hall–Kier alpha value is -0.450. The van der Waals surface area contributed by atoms with Crippen molar-refractivity contribution in [3.63, 3.8) is 0 Å². The fourth-order valence-electron chi connectivity index (χ4n) is 2.53. The Morgan fingerprint density at radius 3 is 3.00 bits per heavy atom. The highest BCUT2D eigenvalue weighted by atomic mass is 79.9. The third kappa shape index (κ3) is 4.26. The van der Waals surface area contributed by atoms with Crippen molar-refractivity contribution < 1.29 is 9.13 Å². The Morgan fingerprint density at radius 1 is 1.53 bits per heavy atom. The lowest BCUT2D eigenvalue weighted by molar-refractivity contribution is 0.176. The van der Waals surface area contributed by atoms with Gasteiger partial charge in [0.05, 0.1) is 11.1 Å². The Balaban J connectivity index is 2.03. The van der Waals surface area contributed by atoms with Gasteiger partial charge in [-0.3, -0.25) is 0 Å². The van der Waals surface area contributed by atoms with Gasteiger partial charge < -0.3 is 10.1 Å². The van der Waals surface area contributed by atoms with Crippen LogP contribution in [0.2, 0.25) is 0 Å². The normalized spacial score (nSPS) is 20.7. The summed E-state index contributed by atoms with van der Waals surface area (Å²) in [5.41, 5.74) is 1.16. The monoisotopic (exact) mass is 329 g/mol. The molecule has 19 heavy (non-hydrogen) atoms. The molecule has 0 radical (unpaired) electrons. The van der Waals surface area contributed by atoms with E-state index in [1.165, 1.54) is 6.07 Å². The van der Waals surface area contributed by atoms with Crippen LogP contribution in [0.1, 0.15) is 25.3 Å². The molecule has 2 unspecified atom stereocenters. The molecule has 1 aliphatic heterocycles. The first-order chi connectivity index (χ1) is 9.20. The van der Waals surface area contributed by atoms with E-state index in [9.17, 15) is 4.39 Å². The number of halogens is 2. The summed E-state index contributed by atoms with van der Waals surface area (Å²) in [5, 5.41) is 3.60. The van der Waals surface area contributed by atoms with Crippen LogP contribution in [0.5, 0.6) is 0 Å². The van der Waals surface area contributed by atoms with Gasteiger partial charge in [-0.15, -0.1) is 0 Å². The van der Waals surface area contributed by atoms with Crippen LogP contribution in [-0.2, 0) is 11.2 Å². The van der Waals surface area contributed by atoms with Crippen LogP contribution in [0.25, 0.3) is 0 Å². The van der Waals surface area contributed by atoms with Gasteiger partial charge in [-0.05, 0) is 59.4 Å². The summed E-state index contributed by atoms with van der Waals surface area (Å²) in [5.74, 6) is 0.362. The molecule has 0 aliphatic carbocycles. The lowest BCUT2D eigenvalue weighted by Crippen LogP contribution is -2.38. The Kier molecular flexibility index (Phi) is 5.79. The van der Waals surface area contributed by atoms with E-state index in [1.54, 1.807) is 0 Å². The Bertz CT molecular complexity index is 407. The zero-order valence-corrected chi connectivity index (χ0v) is 12.9. The predicted molar refractivity (Wildman–Crippen MR) is 78.8 cm³/mol. The van der Waals surface area contributed by atoms with Crippen LogP contribution in [0.3, 0.4) is 0 Å². The zero-order chi connectivity index (χ0) is 13.7. The second-order valence-electron chi connectivity index (χ2n) is 5.14. The highest BCUT2D eigenvalue weighted by molar-refractivity contribution is 9.10. The summed E-state index contributed by atoms with van der Waals surface area (Å²) < 4.78 is 19.3. The summed E-state index contributed by atoms with van der Waals surface area (Å²) in [6.45, 7) is 4.89. The minimum atomic E-state index is -0.203. The molecular weight excluding hydrogens is 309 g/mol. The molecule has 0 amide bonds. The lowest BCUT2D eigenvalue weighted by atomic mass is 9.92. The van der Waals surface area contributed by atoms with Crippen molar-refractivity contribution in [3.05, 3.63) is 34.1 Å². The Labute approximate surface area is 122 Å². The van der Waals surface area contributed by atoms with Gasteiger partial charge in [0, 0.05) is 18.6 Å². The fraction of sp³-hybridized carbons (Fsp3) is 0.600. The standard InChI is InChI=1S/C15H21BrFNO/c1-2-6-18-15(12-5-7-19-10-12)9-11-3-4-14(17)13(16)8-11/h3-4,8,12,15,18H,2,5-7,9-10H2,1H3. The molecule has 1 aromatic rings. The molecule has 1 saturated heterocycles. The van der Waals surface area contributed by atoms with Crippen molar-refractivity contribution in [2.45, 2.75) is 32.2 Å². The maximum Gasteiger partial charge on any atom is 0.137 e. The van der Waals surface area contributed by atoms with E-state index >= 15 is 0 Å². The summed E-state index contributed by atoms with van der Waals surface area (Å²) >= 11 is 3.25. The van der Waals surface area contributed by atoms with Crippen LogP contribution in [0, 0.1) is 11.7 Å². The van der Waals surface area contributed by atoms with Crippen molar-refractivity contribution in [3.8, 4) is 0 Å². The largest absolute Gasteiger partial charge is 0.381 e. The minimum Gasteiger partial charge on any atom is -0.381 e. The van der Waals surface area contributed by atoms with Crippen LogP contribution in [0.4, 0.5) is 4.39 Å². The van der Waals surface area contributed by atoms with Crippen molar-refractivity contribution in [2.75, 3.05) is 19.8 Å². The first-order valence-electron chi connectivity index (χ1n) is 6.95. The van der Waals surface area contributed by atoms with Gasteiger partial charge in [-0.2, -0.15) is 0 Å². The van der Waals surface area contributed by atoms with Gasteiger partial charge in [-0.25, -0.2) is 4.39 Å². The van der Waals surface area contributed by atoms with Gasteiger partial charge in [0.25, 0.3) is 0 Å². The molecule has 0 saturated carbocycles. The highest BCUT2D eigenvalue weighted by Crippen LogP contribution is 2.22. The van der Waals surface area contributed by atoms with Crippen molar-refractivity contribution in [2.24, 2.45) is 5.92 Å². The van der Waals surface area contributed by atoms with Crippen molar-refractivity contribution in [1.29, 1.82) is 0 Å². The third-order valence-electron chi connectivity index (χ3n) is 3.63. The highest BCUT2D eigenvalue weighted by Gasteiger charge is 2.25. The van der Waals surface area contributed by atoms with E-state index in [-0.39, 0.29) is 5.82 Å². The minimum absolute atomic E-state index is 0.203. The first-order valence-corrected chi connectivity index (χ1v) is 7.75. The molecule has 0 aromatic heterocycles. The first kappa shape index (κ1) is 14.9. The molecule has 2 atom stereocenters. The fourth-order valence-corrected chi connectivity index (χ4v) is 2.95. The predicted octanol–water partition coefficient (Wildman–Crippen LogP) is 3.54. The molecule has 0 bridgehead atoms. The molecule has 0 spiro atoms. The van der Waals surface area contributed by atoms with Crippen LogP contribution in [-0.4, -0.2) is 25.8 Å². The maximum absolute atomic E-state index is 13.3. The maximum atomic E-state index is 13.3. The summed E-state index contributed by atoms with van der Waals surface area (Å²) in [6, 6.07) is 5.70. The van der Waals surface area contributed by atoms with Crippen LogP contribution in [0.15, 0.2) is 22.7 Å². The quantitative estimate of drug-likeness (QED) is 0.861. The zero-order valence-electron chi connectivity index (χ0n) is 11.3. The number of rotatable bonds is 6. The van der Waals surface area contributed by atoms with Gasteiger partial charge in [0.1, 0.15) is 5.82 Å². The van der Waals surface area contributed by atoms with E-state index in [2.05, 4.69) is 28.2 Å². The van der Waals surface area contributed by atoms with E-state index in [0.29, 0.717) is 16.4 Å². The smallest absolute Gasteiger partial charge is 0.137 e. The van der Waals surface area contributed by atoms with Gasteiger partial charge in [0.2, 0.25) is 0 Å². The molecule has 4 heteroatoms. The SMILES string of the molecule is CCCNC(Cc1ccc(F)c(Br)c1)C1CCOC1. The van der Waals surface area contributed by atoms with Crippen molar-refractivity contribution in [1.82, 2.24) is 5.32 Å². The number of benzene rings is 1. The molecule has 1 aromatic carbocycles. The molecule has 106 valence electrons. The van der Waals surface area contributed by atoms with E-state index in [4.69, 9.17) is 4.74 Å². The molecule has 2 rings (SSSR count). The summed E-state index contributed by atoms with van der Waals surface area (Å²) in [7, 11) is 0. The average Bonchev–Trinajstić information content (AvgIpc) is 2.92. The van der Waals surface area contributed by atoms with Crippen molar-refractivity contribution >= 4 is 15.9 Å². The van der Waals surface area contributed by atoms with E-state index in [1.807, 2.05) is 12.1 Å². The van der Waals surface area contributed by atoms with Crippen LogP contribution < -0.4 is 5.32 Å². The van der Waals surface area contributed by atoms with Gasteiger partial charge >= 0.3 is 0 Å². The van der Waals surface area contributed by atoms with Gasteiger partial charge in [-0.1, -0.05) is 13.0 Å². The number of hydrogen-bond donors (Lipinski definition) is 1. The van der Waals surface area contributed by atoms with E-state index < -0.39 is 0 Å². The van der Waals surface area contributed by atoms with Crippen LogP contribution >= 0.6 is 15.9 Å². The summed E-state index contributed by atoms with van der Waals surface area (Å²) in [4.78, 5) is 0. The molecule has 1 heterocycles. The number of hydrogen-bond acceptors (Lipinski definition) is 2. The molecule has 1 fully saturated rings. The van der Waals surface area contributed by atoms with Gasteiger partial charge in [0.15, 0.2) is 0 Å². The second-order valence-corrected chi connectivity index (χ2v) is 5.99. The summed E-state index contributed by atoms with van der Waals surface area (Å²) in [6.07, 6.45) is 3.16. The third-order valence-corrected chi connectivity index (χ3v) is 4.24. The average molecular weight is 330 g/mol. The second kappa shape index (κ2) is 7.36. The topological polar surface area (TPSA) is 21.3 Å². The molecule has 2 nitrogen and oxygen atoms in total. The molecule has 1 N–H and O–H groups in total. The number of ether oxygens (including phenoxy) is 1. The molecule has 1 aliphatic rings. The number of nitrogens with one attached hydrogen (secondary N) is 1.